The molecular weight excluding hydrogens is 444 g/mol. The summed E-state index contributed by atoms with van der Waals surface area (Å²) in [7, 11) is 0. The third kappa shape index (κ3) is 4.77. The Hall–Kier alpha value is -3.40. The Kier molecular flexibility index (Phi) is 7.02. The van der Waals surface area contributed by atoms with Gasteiger partial charge in [-0.1, -0.05) is 82.5 Å². The third-order valence-corrected chi connectivity index (χ3v) is 4.86. The van der Waals surface area contributed by atoms with Crippen molar-refractivity contribution in [1.82, 2.24) is 5.43 Å². The van der Waals surface area contributed by atoms with Crippen molar-refractivity contribution in [3.05, 3.63) is 100 Å². The fraction of sp³-hybridized carbons (Fsp3) is 0.0833. The van der Waals surface area contributed by atoms with E-state index in [1.807, 2.05) is 18.2 Å². The summed E-state index contributed by atoms with van der Waals surface area (Å²) in [6, 6.07) is 22.8. The second-order valence-electron chi connectivity index (χ2n) is 6.32. The number of hydrogen-bond donors (Lipinski definition) is 2. The maximum Gasteiger partial charge on any atom is 0.281 e. The SMILES string of the molecule is C#CCOc1ccc(Br)cc1/C=N\NC(=O)C(O)(c1ccccc1)c1ccccc1. The lowest BCUT2D eigenvalue weighted by molar-refractivity contribution is -0.136. The predicted molar refractivity (Wildman–Crippen MR) is 120 cm³/mol. The van der Waals surface area contributed by atoms with Gasteiger partial charge in [-0.2, -0.15) is 5.10 Å². The Morgan fingerprint density at radius 1 is 1.10 bits per heavy atom. The van der Waals surface area contributed by atoms with Gasteiger partial charge in [-0.05, 0) is 29.3 Å². The van der Waals surface area contributed by atoms with Gasteiger partial charge in [0.05, 0.1) is 6.21 Å². The van der Waals surface area contributed by atoms with Crippen LogP contribution in [0.1, 0.15) is 16.7 Å². The smallest absolute Gasteiger partial charge is 0.281 e. The largest absolute Gasteiger partial charge is 0.480 e. The zero-order valence-corrected chi connectivity index (χ0v) is 17.5. The van der Waals surface area contributed by atoms with Gasteiger partial charge in [0.2, 0.25) is 0 Å². The van der Waals surface area contributed by atoms with Gasteiger partial charge in [0.1, 0.15) is 12.4 Å². The highest BCUT2D eigenvalue weighted by molar-refractivity contribution is 9.10. The number of hydrazone groups is 1. The molecule has 0 atom stereocenters. The van der Waals surface area contributed by atoms with Crippen LogP contribution in [0.3, 0.4) is 0 Å². The van der Waals surface area contributed by atoms with Gasteiger partial charge in [0.25, 0.3) is 5.91 Å². The molecule has 2 N–H and O–H groups in total. The first-order chi connectivity index (χ1) is 14.6. The lowest BCUT2D eigenvalue weighted by atomic mass is 9.85. The highest BCUT2D eigenvalue weighted by atomic mass is 79.9. The van der Waals surface area contributed by atoms with E-state index in [2.05, 4.69) is 32.4 Å². The van der Waals surface area contributed by atoms with Gasteiger partial charge < -0.3 is 9.84 Å². The van der Waals surface area contributed by atoms with Crippen LogP contribution in [-0.2, 0) is 10.4 Å². The minimum Gasteiger partial charge on any atom is -0.480 e. The molecule has 30 heavy (non-hydrogen) atoms. The van der Waals surface area contributed by atoms with Crippen LogP contribution in [0.25, 0.3) is 0 Å². The van der Waals surface area contributed by atoms with Gasteiger partial charge in [-0.3, -0.25) is 4.79 Å². The number of aliphatic hydroxyl groups is 1. The van der Waals surface area contributed by atoms with Gasteiger partial charge in [-0.15, -0.1) is 6.42 Å². The molecule has 0 saturated heterocycles. The van der Waals surface area contributed by atoms with E-state index in [9.17, 15) is 9.90 Å². The van der Waals surface area contributed by atoms with Gasteiger partial charge in [-0.25, -0.2) is 5.43 Å². The lowest BCUT2D eigenvalue weighted by Gasteiger charge is -2.27. The van der Waals surface area contributed by atoms with Crippen molar-refractivity contribution in [2.75, 3.05) is 6.61 Å². The number of carbonyl (C=O) groups is 1. The number of amides is 1. The topological polar surface area (TPSA) is 70.9 Å². The van der Waals surface area contributed by atoms with E-state index in [0.717, 1.165) is 4.47 Å². The minimum atomic E-state index is -1.90. The molecule has 5 nitrogen and oxygen atoms in total. The van der Waals surface area contributed by atoms with E-state index in [1.54, 1.807) is 60.7 Å². The van der Waals surface area contributed by atoms with E-state index in [0.29, 0.717) is 22.4 Å². The molecule has 0 aliphatic rings. The standard InChI is InChI=1S/C24H19BrN2O3/c1-2-15-30-22-14-13-21(25)16-18(22)17-26-27-23(28)24(29,19-9-5-3-6-10-19)20-11-7-4-8-12-20/h1,3-14,16-17,29H,15H2,(H,27,28)/b26-17-. The highest BCUT2D eigenvalue weighted by Crippen LogP contribution is 2.30. The normalized spacial score (nSPS) is 11.1. The van der Waals surface area contributed by atoms with Gasteiger partial charge in [0, 0.05) is 10.0 Å². The van der Waals surface area contributed by atoms with Crippen molar-refractivity contribution in [3.8, 4) is 18.1 Å². The summed E-state index contributed by atoms with van der Waals surface area (Å²) >= 11 is 3.39. The fourth-order valence-corrected chi connectivity index (χ4v) is 3.28. The van der Waals surface area contributed by atoms with E-state index in [4.69, 9.17) is 11.2 Å². The molecule has 0 fully saturated rings. The summed E-state index contributed by atoms with van der Waals surface area (Å²) in [4.78, 5) is 13.0. The molecule has 0 saturated carbocycles. The van der Waals surface area contributed by atoms with Crippen molar-refractivity contribution in [3.63, 3.8) is 0 Å². The van der Waals surface area contributed by atoms with Crippen LogP contribution in [0.15, 0.2) is 88.4 Å². The Balaban J connectivity index is 1.88. The number of nitrogens with one attached hydrogen (secondary N) is 1. The molecule has 0 aliphatic heterocycles. The van der Waals surface area contributed by atoms with Crippen molar-refractivity contribution >= 4 is 28.1 Å². The summed E-state index contributed by atoms with van der Waals surface area (Å²) in [5.74, 6) is 2.25. The van der Waals surface area contributed by atoms with Crippen LogP contribution in [0.2, 0.25) is 0 Å². The molecular formula is C24H19BrN2O3. The number of carbonyl (C=O) groups excluding carboxylic acids is 1. The Morgan fingerprint density at radius 3 is 2.27 bits per heavy atom. The molecule has 150 valence electrons. The number of rotatable bonds is 7. The van der Waals surface area contributed by atoms with Crippen LogP contribution in [-0.4, -0.2) is 23.8 Å². The second kappa shape index (κ2) is 9.88. The number of benzene rings is 3. The zero-order valence-electron chi connectivity index (χ0n) is 16.0. The Labute approximate surface area is 183 Å². The van der Waals surface area contributed by atoms with Crippen molar-refractivity contribution in [1.29, 1.82) is 0 Å². The molecule has 3 rings (SSSR count). The van der Waals surface area contributed by atoms with Crippen molar-refractivity contribution in [2.45, 2.75) is 5.60 Å². The highest BCUT2D eigenvalue weighted by Gasteiger charge is 2.39. The van der Waals surface area contributed by atoms with Gasteiger partial charge >= 0.3 is 0 Å². The lowest BCUT2D eigenvalue weighted by Crippen LogP contribution is -2.43. The van der Waals surface area contributed by atoms with Crippen molar-refractivity contribution < 1.29 is 14.6 Å². The molecule has 0 spiro atoms. The van der Waals surface area contributed by atoms with Crippen LogP contribution >= 0.6 is 15.9 Å². The summed E-state index contributed by atoms with van der Waals surface area (Å²) in [5, 5.41) is 15.4. The number of hydrogen-bond acceptors (Lipinski definition) is 4. The molecule has 3 aromatic rings. The summed E-state index contributed by atoms with van der Waals surface area (Å²) < 4.78 is 6.31. The maximum atomic E-state index is 13.0. The molecule has 0 unspecified atom stereocenters. The first-order valence-electron chi connectivity index (χ1n) is 9.08. The van der Waals surface area contributed by atoms with Crippen molar-refractivity contribution in [2.24, 2.45) is 5.10 Å². The molecule has 0 aromatic heterocycles. The number of ether oxygens (including phenoxy) is 1. The summed E-state index contributed by atoms with van der Waals surface area (Å²) in [6.45, 7) is 0.108. The molecule has 3 aromatic carbocycles. The third-order valence-electron chi connectivity index (χ3n) is 4.36. The van der Waals surface area contributed by atoms with E-state index >= 15 is 0 Å². The van der Waals surface area contributed by atoms with Crippen LogP contribution < -0.4 is 10.2 Å². The molecule has 1 amide bonds. The molecule has 6 heteroatoms. The molecule has 0 bridgehead atoms. The Bertz CT molecular complexity index is 1040. The maximum absolute atomic E-state index is 13.0. The molecule has 0 heterocycles. The monoisotopic (exact) mass is 462 g/mol. The van der Waals surface area contributed by atoms with Crippen LogP contribution in [0, 0.1) is 12.3 Å². The summed E-state index contributed by atoms with van der Waals surface area (Å²) in [6.07, 6.45) is 6.69. The summed E-state index contributed by atoms with van der Waals surface area (Å²) in [5.41, 5.74) is 2.02. The van der Waals surface area contributed by atoms with E-state index in [1.165, 1.54) is 6.21 Å². The quantitative estimate of drug-likeness (QED) is 0.318. The van der Waals surface area contributed by atoms with E-state index < -0.39 is 11.5 Å². The fourth-order valence-electron chi connectivity index (χ4n) is 2.90. The number of nitrogens with zero attached hydrogens (tertiary/aromatic N) is 1. The van der Waals surface area contributed by atoms with Crippen LogP contribution in [0.4, 0.5) is 0 Å². The average molecular weight is 463 g/mol. The second-order valence-corrected chi connectivity index (χ2v) is 7.23. The first-order valence-corrected chi connectivity index (χ1v) is 9.87. The molecule has 0 aliphatic carbocycles. The van der Waals surface area contributed by atoms with Gasteiger partial charge in [0.15, 0.2) is 5.60 Å². The Morgan fingerprint density at radius 2 is 1.70 bits per heavy atom. The zero-order chi connectivity index (χ0) is 21.4. The van der Waals surface area contributed by atoms with E-state index in [-0.39, 0.29) is 6.61 Å². The average Bonchev–Trinajstić information content (AvgIpc) is 2.79. The number of terminal acetylenes is 1. The number of halogens is 1. The predicted octanol–water partition coefficient (Wildman–Crippen LogP) is 3.85. The van der Waals surface area contributed by atoms with Crippen LogP contribution in [0.5, 0.6) is 5.75 Å². The molecule has 0 radical (unpaired) electrons. The first kappa shape index (κ1) is 21.3. The minimum absolute atomic E-state index is 0.108.